The van der Waals surface area contributed by atoms with Crippen LogP contribution < -0.4 is 9.47 Å². The fraction of sp³-hybridized carbons (Fsp3) is 0.222. The number of nitrogens with zero attached hydrogens (tertiary/aromatic N) is 1. The number of rotatable bonds is 6. The average molecular weight is 297 g/mol. The third-order valence-electron chi connectivity index (χ3n) is 2.91. The van der Waals surface area contributed by atoms with Gasteiger partial charge in [-0.25, -0.2) is 0 Å². The van der Waals surface area contributed by atoms with Gasteiger partial charge in [0.2, 0.25) is 0 Å². The van der Waals surface area contributed by atoms with Crippen molar-refractivity contribution in [1.29, 1.82) is 0 Å². The molecule has 0 unspecified atom stereocenters. The highest BCUT2D eigenvalue weighted by atomic mass is 16.6. The number of carbonyl (C=O) groups excluding carboxylic acids is 1. The molecule has 0 saturated carbocycles. The average Bonchev–Trinajstić information content (AvgIpc) is 2.56. The van der Waals surface area contributed by atoms with Crippen LogP contribution in [-0.2, 0) is 4.79 Å². The smallest absolute Gasteiger partial charge is 0.311 e. The molecule has 1 aromatic carbocycles. The molecular weight excluding hydrogens is 278 g/mol. The van der Waals surface area contributed by atoms with E-state index in [0.29, 0.717) is 24.5 Å². The molecule has 0 saturated heterocycles. The van der Waals surface area contributed by atoms with Crippen LogP contribution in [0.4, 0.5) is 0 Å². The summed E-state index contributed by atoms with van der Waals surface area (Å²) in [7, 11) is 0. The summed E-state index contributed by atoms with van der Waals surface area (Å²) in [5.74, 6) is 0.730. The lowest BCUT2D eigenvalue weighted by Gasteiger charge is -2.10. The Kier molecular flexibility index (Phi) is 5.72. The van der Waals surface area contributed by atoms with E-state index in [4.69, 9.17) is 9.47 Å². The molecule has 0 fully saturated rings. The Morgan fingerprint density at radius 3 is 2.68 bits per heavy atom. The van der Waals surface area contributed by atoms with Crippen LogP contribution in [0.1, 0.15) is 31.5 Å². The minimum Gasteiger partial charge on any atom is -0.490 e. The maximum atomic E-state index is 11.4. The van der Waals surface area contributed by atoms with Gasteiger partial charge in [0.15, 0.2) is 11.5 Å². The van der Waals surface area contributed by atoms with Crippen LogP contribution in [0, 0.1) is 0 Å². The van der Waals surface area contributed by atoms with Crippen molar-refractivity contribution < 1.29 is 14.3 Å². The van der Waals surface area contributed by atoms with Gasteiger partial charge < -0.3 is 9.47 Å². The molecule has 0 aliphatic heterocycles. The van der Waals surface area contributed by atoms with Gasteiger partial charge in [0.25, 0.3) is 0 Å². The zero-order valence-corrected chi connectivity index (χ0v) is 12.8. The number of benzene rings is 1. The largest absolute Gasteiger partial charge is 0.490 e. The molecule has 1 heterocycles. The van der Waals surface area contributed by atoms with Crippen LogP contribution >= 0.6 is 0 Å². The van der Waals surface area contributed by atoms with Crippen LogP contribution in [0.5, 0.6) is 11.5 Å². The Morgan fingerprint density at radius 2 is 2.00 bits per heavy atom. The van der Waals surface area contributed by atoms with Gasteiger partial charge in [-0.2, -0.15) is 0 Å². The van der Waals surface area contributed by atoms with Crippen LogP contribution in [0.3, 0.4) is 0 Å². The second-order valence-electron chi connectivity index (χ2n) is 4.55. The molecular formula is C18H19NO3. The molecule has 4 nitrogen and oxygen atoms in total. The van der Waals surface area contributed by atoms with Crippen LogP contribution in [0.15, 0.2) is 42.6 Å². The third kappa shape index (κ3) is 4.45. The highest BCUT2D eigenvalue weighted by molar-refractivity contribution is 5.74. The van der Waals surface area contributed by atoms with Crippen molar-refractivity contribution in [2.24, 2.45) is 0 Å². The lowest BCUT2D eigenvalue weighted by molar-refractivity contribution is -0.134. The van der Waals surface area contributed by atoms with Crippen molar-refractivity contribution in [2.75, 3.05) is 6.61 Å². The Bertz CT molecular complexity index is 651. The van der Waals surface area contributed by atoms with E-state index in [-0.39, 0.29) is 5.97 Å². The number of carbonyl (C=O) groups is 1. The van der Waals surface area contributed by atoms with Gasteiger partial charge in [0.1, 0.15) is 0 Å². The van der Waals surface area contributed by atoms with E-state index in [1.807, 2.05) is 49.4 Å². The van der Waals surface area contributed by atoms with Gasteiger partial charge in [-0.05, 0) is 42.8 Å². The summed E-state index contributed by atoms with van der Waals surface area (Å²) < 4.78 is 10.8. The number of aromatic nitrogens is 1. The minimum absolute atomic E-state index is 0.280. The lowest BCUT2D eigenvalue weighted by Crippen LogP contribution is -2.07. The Labute approximate surface area is 130 Å². The molecule has 0 atom stereocenters. The van der Waals surface area contributed by atoms with Crippen molar-refractivity contribution >= 4 is 18.1 Å². The van der Waals surface area contributed by atoms with Gasteiger partial charge in [-0.15, -0.1) is 0 Å². The Balaban J connectivity index is 2.21. The normalized spacial score (nSPS) is 10.6. The molecule has 4 heteroatoms. The van der Waals surface area contributed by atoms with E-state index in [1.54, 1.807) is 19.2 Å². The predicted molar refractivity (Wildman–Crippen MR) is 86.7 cm³/mol. The van der Waals surface area contributed by atoms with E-state index in [2.05, 4.69) is 4.98 Å². The highest BCUT2D eigenvalue weighted by Crippen LogP contribution is 2.29. The number of hydrogen-bond donors (Lipinski definition) is 0. The molecule has 1 aromatic heterocycles. The van der Waals surface area contributed by atoms with E-state index < -0.39 is 0 Å². The van der Waals surface area contributed by atoms with E-state index >= 15 is 0 Å². The molecule has 0 aliphatic carbocycles. The molecule has 0 bridgehead atoms. The quantitative estimate of drug-likeness (QED) is 0.598. The zero-order chi connectivity index (χ0) is 15.8. The maximum absolute atomic E-state index is 11.4. The van der Waals surface area contributed by atoms with Crippen molar-refractivity contribution in [3.8, 4) is 11.5 Å². The van der Waals surface area contributed by atoms with Gasteiger partial charge in [-0.1, -0.05) is 25.1 Å². The molecule has 0 N–H and O–H groups in total. The monoisotopic (exact) mass is 297 g/mol. The SMILES string of the molecule is CCOc1cc(/C=C/c2ccccn2)ccc1OC(=O)CC. The summed E-state index contributed by atoms with van der Waals surface area (Å²) in [4.78, 5) is 15.7. The highest BCUT2D eigenvalue weighted by Gasteiger charge is 2.09. The van der Waals surface area contributed by atoms with Gasteiger partial charge >= 0.3 is 5.97 Å². The maximum Gasteiger partial charge on any atom is 0.311 e. The minimum atomic E-state index is -0.280. The van der Waals surface area contributed by atoms with Crippen LogP contribution in [0.25, 0.3) is 12.2 Å². The zero-order valence-electron chi connectivity index (χ0n) is 12.8. The molecule has 2 rings (SSSR count). The van der Waals surface area contributed by atoms with Gasteiger partial charge in [0.05, 0.1) is 12.3 Å². The first-order valence-electron chi connectivity index (χ1n) is 7.29. The molecule has 0 aliphatic rings. The third-order valence-corrected chi connectivity index (χ3v) is 2.91. The summed E-state index contributed by atoms with van der Waals surface area (Å²) in [5, 5.41) is 0. The topological polar surface area (TPSA) is 48.4 Å². The van der Waals surface area contributed by atoms with Crippen molar-refractivity contribution in [1.82, 2.24) is 4.98 Å². The molecule has 114 valence electrons. The molecule has 0 spiro atoms. The van der Waals surface area contributed by atoms with Crippen molar-refractivity contribution in [2.45, 2.75) is 20.3 Å². The van der Waals surface area contributed by atoms with E-state index in [0.717, 1.165) is 11.3 Å². The summed E-state index contributed by atoms with van der Waals surface area (Å²) >= 11 is 0. The number of hydrogen-bond acceptors (Lipinski definition) is 4. The predicted octanol–water partition coefficient (Wildman–Crippen LogP) is 3.97. The second-order valence-corrected chi connectivity index (χ2v) is 4.55. The molecule has 2 aromatic rings. The summed E-state index contributed by atoms with van der Waals surface area (Å²) in [6.07, 6.45) is 5.94. The number of esters is 1. The second kappa shape index (κ2) is 7.98. The Morgan fingerprint density at radius 1 is 1.14 bits per heavy atom. The molecule has 0 amide bonds. The van der Waals surface area contributed by atoms with E-state index in [9.17, 15) is 4.79 Å². The first-order chi connectivity index (χ1) is 10.7. The van der Waals surface area contributed by atoms with Crippen LogP contribution in [0.2, 0.25) is 0 Å². The Hall–Kier alpha value is -2.62. The number of ether oxygens (including phenoxy) is 2. The first kappa shape index (κ1) is 15.8. The van der Waals surface area contributed by atoms with Crippen LogP contribution in [-0.4, -0.2) is 17.6 Å². The first-order valence-corrected chi connectivity index (χ1v) is 7.29. The number of pyridine rings is 1. The van der Waals surface area contributed by atoms with Crippen molar-refractivity contribution in [3.05, 3.63) is 53.9 Å². The fourth-order valence-electron chi connectivity index (χ4n) is 1.83. The molecule has 22 heavy (non-hydrogen) atoms. The van der Waals surface area contributed by atoms with Crippen molar-refractivity contribution in [3.63, 3.8) is 0 Å². The summed E-state index contributed by atoms with van der Waals surface area (Å²) in [6, 6.07) is 11.2. The summed E-state index contributed by atoms with van der Waals surface area (Å²) in [5.41, 5.74) is 1.83. The van der Waals surface area contributed by atoms with Gasteiger partial charge in [-0.3, -0.25) is 9.78 Å². The van der Waals surface area contributed by atoms with E-state index in [1.165, 1.54) is 0 Å². The summed E-state index contributed by atoms with van der Waals surface area (Å²) in [6.45, 7) is 4.15. The standard InChI is InChI=1S/C18H19NO3/c1-3-18(20)22-16-11-9-14(13-17(16)21-4-2)8-10-15-7-5-6-12-19-15/h5-13H,3-4H2,1-2H3/b10-8+. The fourth-order valence-corrected chi connectivity index (χ4v) is 1.83. The molecule has 0 radical (unpaired) electrons. The lowest BCUT2D eigenvalue weighted by atomic mass is 10.1. The van der Waals surface area contributed by atoms with Gasteiger partial charge in [0, 0.05) is 12.6 Å².